The first-order chi connectivity index (χ1) is 10.2. The molecule has 3 nitrogen and oxygen atoms in total. The lowest BCUT2D eigenvalue weighted by molar-refractivity contribution is 0.501. The van der Waals surface area contributed by atoms with Crippen LogP contribution in [-0.2, 0) is 15.4 Å². The molecule has 2 aromatic rings. The van der Waals surface area contributed by atoms with Crippen LogP contribution in [0.25, 0.3) is 0 Å². The van der Waals surface area contributed by atoms with E-state index in [1.807, 2.05) is 32.0 Å². The molecule has 0 bridgehead atoms. The van der Waals surface area contributed by atoms with E-state index in [9.17, 15) is 12.8 Å². The van der Waals surface area contributed by atoms with Gasteiger partial charge in [-0.1, -0.05) is 37.6 Å². The summed E-state index contributed by atoms with van der Waals surface area (Å²) in [5, 5.41) is 0.604. The number of nitrogens with one attached hydrogen (secondary N) is 1. The quantitative estimate of drug-likeness (QED) is 0.900. The Labute approximate surface area is 135 Å². The molecule has 0 saturated carbocycles. The first-order valence-corrected chi connectivity index (χ1v) is 8.58. The lowest BCUT2D eigenvalue weighted by atomic mass is 9.85. The van der Waals surface area contributed by atoms with Crippen LogP contribution >= 0.6 is 11.6 Å². The number of benzene rings is 2. The Bertz CT molecular complexity index is 758. The van der Waals surface area contributed by atoms with Crippen LogP contribution in [0.2, 0.25) is 5.02 Å². The first kappa shape index (κ1) is 16.9. The summed E-state index contributed by atoms with van der Waals surface area (Å²) < 4.78 is 39.9. The second kappa shape index (κ2) is 6.36. The van der Waals surface area contributed by atoms with Crippen LogP contribution in [0.3, 0.4) is 0 Å². The van der Waals surface area contributed by atoms with E-state index in [1.54, 1.807) is 6.07 Å². The molecular weight excluding hydrogens is 325 g/mol. The molecule has 0 aliphatic carbocycles. The van der Waals surface area contributed by atoms with Crippen LogP contribution < -0.4 is 4.72 Å². The summed E-state index contributed by atoms with van der Waals surface area (Å²) in [4.78, 5) is 0.0378. The zero-order chi connectivity index (χ0) is 16.4. The first-order valence-electron chi connectivity index (χ1n) is 6.72. The Morgan fingerprint density at radius 1 is 1.14 bits per heavy atom. The van der Waals surface area contributed by atoms with Crippen molar-refractivity contribution in [1.29, 1.82) is 0 Å². The third-order valence-electron chi connectivity index (χ3n) is 3.43. The number of rotatable bonds is 5. The maximum Gasteiger partial charge on any atom is 0.240 e. The van der Waals surface area contributed by atoms with Gasteiger partial charge in [0.2, 0.25) is 10.0 Å². The molecule has 118 valence electrons. The Morgan fingerprint density at radius 2 is 1.77 bits per heavy atom. The lowest BCUT2D eigenvalue weighted by Gasteiger charge is -2.25. The zero-order valence-electron chi connectivity index (χ0n) is 12.3. The number of halogens is 2. The molecule has 0 aliphatic heterocycles. The highest BCUT2D eigenvalue weighted by Crippen LogP contribution is 2.25. The van der Waals surface area contributed by atoms with Crippen molar-refractivity contribution in [2.45, 2.75) is 24.2 Å². The van der Waals surface area contributed by atoms with Gasteiger partial charge in [0.05, 0.1) is 4.90 Å². The summed E-state index contributed by atoms with van der Waals surface area (Å²) in [5.41, 5.74) is 0.500. The van der Waals surface area contributed by atoms with Crippen LogP contribution in [0.5, 0.6) is 0 Å². The predicted molar refractivity (Wildman–Crippen MR) is 86.1 cm³/mol. The molecule has 22 heavy (non-hydrogen) atoms. The van der Waals surface area contributed by atoms with Crippen molar-refractivity contribution in [3.8, 4) is 0 Å². The van der Waals surface area contributed by atoms with Crippen LogP contribution in [0.4, 0.5) is 4.39 Å². The average Bonchev–Trinajstić information content (AvgIpc) is 2.46. The highest BCUT2D eigenvalue weighted by Gasteiger charge is 2.24. The Morgan fingerprint density at radius 3 is 2.36 bits per heavy atom. The number of sulfonamides is 1. The van der Waals surface area contributed by atoms with Gasteiger partial charge in [-0.3, -0.25) is 0 Å². The van der Waals surface area contributed by atoms with Gasteiger partial charge < -0.3 is 0 Å². The molecule has 0 unspecified atom stereocenters. The minimum Gasteiger partial charge on any atom is -0.210 e. The smallest absolute Gasteiger partial charge is 0.210 e. The molecule has 6 heteroatoms. The molecule has 0 aliphatic rings. The van der Waals surface area contributed by atoms with E-state index in [0.717, 1.165) is 17.7 Å². The third kappa shape index (κ3) is 4.06. The minimum absolute atomic E-state index is 0.0378. The van der Waals surface area contributed by atoms with Crippen LogP contribution in [0.15, 0.2) is 53.4 Å². The van der Waals surface area contributed by atoms with Gasteiger partial charge >= 0.3 is 0 Å². The maximum atomic E-state index is 12.9. The van der Waals surface area contributed by atoms with Gasteiger partial charge in [0.1, 0.15) is 5.82 Å². The average molecular weight is 342 g/mol. The van der Waals surface area contributed by atoms with Gasteiger partial charge in [0, 0.05) is 17.0 Å². The lowest BCUT2D eigenvalue weighted by Crippen LogP contribution is -2.36. The van der Waals surface area contributed by atoms with Crippen molar-refractivity contribution < 1.29 is 12.8 Å². The molecule has 0 spiro atoms. The fraction of sp³-hybridized carbons (Fsp3) is 0.250. The summed E-state index contributed by atoms with van der Waals surface area (Å²) in [7, 11) is -3.68. The minimum atomic E-state index is -3.68. The predicted octanol–water partition coefficient (Wildman–Crippen LogP) is 3.74. The zero-order valence-corrected chi connectivity index (χ0v) is 13.9. The van der Waals surface area contributed by atoms with E-state index in [2.05, 4.69) is 4.72 Å². The summed E-state index contributed by atoms with van der Waals surface area (Å²) in [6, 6.07) is 12.0. The summed E-state index contributed by atoms with van der Waals surface area (Å²) in [6.45, 7) is 4.05. The van der Waals surface area contributed by atoms with Gasteiger partial charge in [-0.25, -0.2) is 17.5 Å². The molecule has 2 aromatic carbocycles. The highest BCUT2D eigenvalue weighted by atomic mass is 35.5. The summed E-state index contributed by atoms with van der Waals surface area (Å²) in [6.07, 6.45) is 0. The molecule has 0 aromatic heterocycles. The van der Waals surface area contributed by atoms with Crippen molar-refractivity contribution >= 4 is 21.6 Å². The largest absolute Gasteiger partial charge is 0.240 e. The molecule has 0 atom stereocenters. The van der Waals surface area contributed by atoms with Gasteiger partial charge in [-0.05, 0) is 42.0 Å². The van der Waals surface area contributed by atoms with E-state index in [1.165, 1.54) is 12.1 Å². The molecular formula is C16H17ClFNO2S. The standard InChI is InChI=1S/C16H17ClFNO2S/c1-16(2,12-4-3-5-13(17)10-12)11-19-22(20,21)15-8-6-14(18)7-9-15/h3-10,19H,11H2,1-2H3. The van der Waals surface area contributed by atoms with Crippen LogP contribution in [-0.4, -0.2) is 15.0 Å². The van der Waals surface area contributed by atoms with Crippen molar-refractivity contribution in [3.63, 3.8) is 0 Å². The fourth-order valence-corrected chi connectivity index (χ4v) is 3.39. The number of hydrogen-bond acceptors (Lipinski definition) is 2. The normalized spacial score (nSPS) is 12.4. The van der Waals surface area contributed by atoms with E-state index in [-0.39, 0.29) is 11.4 Å². The molecule has 2 rings (SSSR count). The highest BCUT2D eigenvalue weighted by molar-refractivity contribution is 7.89. The molecule has 1 N–H and O–H groups in total. The second-order valence-electron chi connectivity index (χ2n) is 5.67. The molecule has 0 fully saturated rings. The summed E-state index contributed by atoms with van der Waals surface area (Å²) >= 11 is 5.98. The molecule has 0 radical (unpaired) electrons. The monoisotopic (exact) mass is 341 g/mol. The summed E-state index contributed by atoms with van der Waals surface area (Å²) in [5.74, 6) is -0.474. The Balaban J connectivity index is 2.15. The van der Waals surface area contributed by atoms with Crippen molar-refractivity contribution in [2.75, 3.05) is 6.54 Å². The van der Waals surface area contributed by atoms with Crippen molar-refractivity contribution in [3.05, 3.63) is 64.9 Å². The van der Waals surface area contributed by atoms with Crippen LogP contribution in [0.1, 0.15) is 19.4 Å². The number of hydrogen-bond donors (Lipinski definition) is 1. The molecule has 0 amide bonds. The van der Waals surface area contributed by atoms with Crippen LogP contribution in [0, 0.1) is 5.82 Å². The van der Waals surface area contributed by atoms with Crippen molar-refractivity contribution in [1.82, 2.24) is 4.72 Å². The van der Waals surface area contributed by atoms with Gasteiger partial charge in [0.15, 0.2) is 0 Å². The van der Waals surface area contributed by atoms with E-state index in [4.69, 9.17) is 11.6 Å². The van der Waals surface area contributed by atoms with Gasteiger partial charge in [0.25, 0.3) is 0 Å². The van der Waals surface area contributed by atoms with Gasteiger partial charge in [-0.2, -0.15) is 0 Å². The van der Waals surface area contributed by atoms with E-state index < -0.39 is 21.3 Å². The topological polar surface area (TPSA) is 46.2 Å². The van der Waals surface area contributed by atoms with Gasteiger partial charge in [-0.15, -0.1) is 0 Å². The SMILES string of the molecule is CC(C)(CNS(=O)(=O)c1ccc(F)cc1)c1cccc(Cl)c1. The Hall–Kier alpha value is -1.43. The van der Waals surface area contributed by atoms with Crippen molar-refractivity contribution in [2.24, 2.45) is 0 Å². The maximum absolute atomic E-state index is 12.9. The Kier molecular flexibility index (Phi) is 4.90. The second-order valence-corrected chi connectivity index (χ2v) is 7.88. The third-order valence-corrected chi connectivity index (χ3v) is 5.09. The van der Waals surface area contributed by atoms with E-state index >= 15 is 0 Å². The molecule has 0 heterocycles. The fourth-order valence-electron chi connectivity index (χ4n) is 1.98. The van der Waals surface area contributed by atoms with E-state index in [0.29, 0.717) is 5.02 Å². The molecule has 0 saturated heterocycles.